The van der Waals surface area contributed by atoms with Crippen LogP contribution in [0, 0.1) is 20.8 Å². The molecular formula is C16H23N3O4S2. The Labute approximate surface area is 152 Å². The molecule has 1 heterocycles. The Kier molecular flexibility index (Phi) is 6.95. The summed E-state index contributed by atoms with van der Waals surface area (Å²) in [7, 11) is -3.44. The van der Waals surface area contributed by atoms with E-state index in [9.17, 15) is 18.3 Å². The van der Waals surface area contributed by atoms with Crippen molar-refractivity contribution in [1.82, 2.24) is 4.98 Å². The molecule has 0 aliphatic carbocycles. The first-order valence-electron chi connectivity index (χ1n) is 7.63. The Bertz CT molecular complexity index is 874. The van der Waals surface area contributed by atoms with Gasteiger partial charge in [0.05, 0.1) is 11.8 Å². The van der Waals surface area contributed by atoms with Crippen molar-refractivity contribution < 1.29 is 18.3 Å². The second-order valence-electron chi connectivity index (χ2n) is 5.23. The molecule has 0 atom stereocenters. The van der Waals surface area contributed by atoms with Crippen LogP contribution in [0.4, 0.5) is 10.9 Å². The average molecular weight is 386 g/mol. The predicted octanol–water partition coefficient (Wildman–Crippen LogP) is 3.42. The molecule has 0 unspecified atom stereocenters. The minimum absolute atomic E-state index is 0.0872. The second-order valence-corrected chi connectivity index (χ2v) is 8.18. The van der Waals surface area contributed by atoms with Gasteiger partial charge in [0.15, 0.2) is 10.9 Å². The maximum absolute atomic E-state index is 12.3. The lowest BCUT2D eigenvalue weighted by Crippen LogP contribution is -2.13. The van der Waals surface area contributed by atoms with Gasteiger partial charge in [0.25, 0.3) is 5.91 Å². The SMILES string of the molecule is CC.Cc1cc(C)c(O)c(C(=O)Nc2nc(NS(C)(=O)=O)c(C)s2)c1. The van der Waals surface area contributed by atoms with Crippen LogP contribution in [-0.2, 0) is 10.0 Å². The molecule has 0 saturated heterocycles. The third-order valence-electron chi connectivity index (χ3n) is 2.99. The number of aromatic nitrogens is 1. The van der Waals surface area contributed by atoms with Crippen molar-refractivity contribution in [3.05, 3.63) is 33.7 Å². The van der Waals surface area contributed by atoms with E-state index in [0.29, 0.717) is 10.4 Å². The van der Waals surface area contributed by atoms with Crippen LogP contribution < -0.4 is 10.0 Å². The quantitative estimate of drug-likeness (QED) is 0.747. The summed E-state index contributed by atoms with van der Waals surface area (Å²) in [4.78, 5) is 17.0. The van der Waals surface area contributed by atoms with E-state index in [2.05, 4.69) is 15.0 Å². The number of hydrogen-bond donors (Lipinski definition) is 3. The van der Waals surface area contributed by atoms with Crippen LogP contribution in [0.5, 0.6) is 5.75 Å². The Morgan fingerprint density at radius 2 is 1.80 bits per heavy atom. The first-order chi connectivity index (χ1) is 11.6. The molecule has 0 spiro atoms. The molecule has 1 aromatic carbocycles. The van der Waals surface area contributed by atoms with E-state index < -0.39 is 15.9 Å². The number of thiazole rings is 1. The Balaban J connectivity index is 0.00000151. The number of hydrogen-bond acceptors (Lipinski definition) is 6. The van der Waals surface area contributed by atoms with Crippen molar-refractivity contribution >= 4 is 38.2 Å². The molecule has 7 nitrogen and oxygen atoms in total. The van der Waals surface area contributed by atoms with Crippen LogP contribution in [-0.4, -0.2) is 30.7 Å². The van der Waals surface area contributed by atoms with Gasteiger partial charge in [0, 0.05) is 4.88 Å². The van der Waals surface area contributed by atoms with Gasteiger partial charge in [-0.05, 0) is 38.0 Å². The zero-order valence-electron chi connectivity index (χ0n) is 15.1. The second kappa shape index (κ2) is 8.30. The number of phenols is 1. The molecule has 0 aliphatic rings. The fourth-order valence-corrected chi connectivity index (χ4v) is 3.40. The van der Waals surface area contributed by atoms with Crippen molar-refractivity contribution in [2.75, 3.05) is 16.3 Å². The number of rotatable bonds is 4. The molecule has 3 N–H and O–H groups in total. The van der Waals surface area contributed by atoms with Gasteiger partial charge in [-0.1, -0.05) is 31.3 Å². The fraction of sp³-hybridized carbons (Fsp3) is 0.375. The zero-order valence-corrected chi connectivity index (χ0v) is 16.7. The number of aromatic hydroxyl groups is 1. The highest BCUT2D eigenvalue weighted by Gasteiger charge is 2.17. The summed E-state index contributed by atoms with van der Waals surface area (Å²) in [6.07, 6.45) is 1.03. The van der Waals surface area contributed by atoms with Crippen molar-refractivity contribution in [3.63, 3.8) is 0 Å². The van der Waals surface area contributed by atoms with Crippen LogP contribution in [0.2, 0.25) is 0 Å². The van der Waals surface area contributed by atoms with E-state index in [4.69, 9.17) is 0 Å². The number of nitrogens with one attached hydrogen (secondary N) is 2. The third-order valence-corrected chi connectivity index (χ3v) is 4.44. The van der Waals surface area contributed by atoms with Gasteiger partial charge in [-0.15, -0.1) is 0 Å². The summed E-state index contributed by atoms with van der Waals surface area (Å²) in [5.41, 5.74) is 1.60. The van der Waals surface area contributed by atoms with Gasteiger partial charge >= 0.3 is 0 Å². The molecule has 2 rings (SSSR count). The van der Waals surface area contributed by atoms with Crippen molar-refractivity contribution in [3.8, 4) is 5.75 Å². The number of anilines is 2. The molecule has 0 bridgehead atoms. The molecule has 1 aromatic heterocycles. The van der Waals surface area contributed by atoms with Crippen LogP contribution in [0.25, 0.3) is 0 Å². The van der Waals surface area contributed by atoms with Crippen molar-refractivity contribution in [2.24, 2.45) is 0 Å². The van der Waals surface area contributed by atoms with Crippen molar-refractivity contribution in [2.45, 2.75) is 34.6 Å². The largest absolute Gasteiger partial charge is 0.507 e. The first kappa shape index (κ1) is 20.9. The first-order valence-corrected chi connectivity index (χ1v) is 10.3. The molecule has 25 heavy (non-hydrogen) atoms. The summed E-state index contributed by atoms with van der Waals surface area (Å²) < 4.78 is 24.8. The van der Waals surface area contributed by atoms with Crippen LogP contribution in [0.15, 0.2) is 12.1 Å². The predicted molar refractivity (Wildman–Crippen MR) is 102 cm³/mol. The number of sulfonamides is 1. The average Bonchev–Trinajstić information content (AvgIpc) is 2.82. The molecular weight excluding hydrogens is 362 g/mol. The zero-order chi connectivity index (χ0) is 19.4. The number of carbonyl (C=O) groups excluding carboxylic acids is 1. The van der Waals surface area contributed by atoms with Crippen LogP contribution in [0.3, 0.4) is 0 Å². The van der Waals surface area contributed by atoms with Crippen LogP contribution in [0.1, 0.15) is 40.2 Å². The summed E-state index contributed by atoms with van der Waals surface area (Å²) in [6, 6.07) is 3.35. The monoisotopic (exact) mass is 385 g/mol. The highest BCUT2D eigenvalue weighted by Crippen LogP contribution is 2.29. The van der Waals surface area contributed by atoms with E-state index in [1.807, 2.05) is 20.8 Å². The topological polar surface area (TPSA) is 108 Å². The molecule has 0 saturated carbocycles. The summed E-state index contributed by atoms with van der Waals surface area (Å²) in [5, 5.41) is 12.8. The number of nitrogens with zero attached hydrogens (tertiary/aromatic N) is 1. The van der Waals surface area contributed by atoms with E-state index in [1.165, 1.54) is 0 Å². The Morgan fingerprint density at radius 1 is 1.20 bits per heavy atom. The lowest BCUT2D eigenvalue weighted by Gasteiger charge is -2.08. The van der Waals surface area contributed by atoms with Crippen molar-refractivity contribution in [1.29, 1.82) is 0 Å². The maximum Gasteiger partial charge on any atom is 0.261 e. The number of aryl methyl sites for hydroxylation is 3. The van der Waals surface area contributed by atoms with E-state index in [-0.39, 0.29) is 22.3 Å². The minimum Gasteiger partial charge on any atom is -0.507 e. The van der Waals surface area contributed by atoms with Gasteiger partial charge in [-0.25, -0.2) is 13.4 Å². The van der Waals surface area contributed by atoms with Gasteiger partial charge in [0.1, 0.15) is 5.75 Å². The smallest absolute Gasteiger partial charge is 0.261 e. The summed E-state index contributed by atoms with van der Waals surface area (Å²) >= 11 is 1.14. The van der Waals surface area contributed by atoms with Gasteiger partial charge in [0.2, 0.25) is 10.0 Å². The lowest BCUT2D eigenvalue weighted by molar-refractivity contribution is 0.102. The molecule has 0 aliphatic heterocycles. The highest BCUT2D eigenvalue weighted by atomic mass is 32.2. The maximum atomic E-state index is 12.3. The molecule has 138 valence electrons. The number of carbonyl (C=O) groups is 1. The van der Waals surface area contributed by atoms with E-state index in [1.54, 1.807) is 26.0 Å². The molecule has 0 radical (unpaired) electrons. The number of phenolic OH excluding ortho intramolecular Hbond substituents is 1. The standard InChI is InChI=1S/C14H17N3O4S2.C2H6/c1-7-5-8(2)11(18)10(6-7)13(19)16-14-15-12(9(3)22-14)17-23(4,20)21;1-2/h5-6,17-18H,1-4H3,(H,15,16,19);1-2H3. The Morgan fingerprint density at radius 3 is 2.36 bits per heavy atom. The van der Waals surface area contributed by atoms with Crippen LogP contribution >= 0.6 is 11.3 Å². The fourth-order valence-electron chi connectivity index (χ4n) is 2.02. The number of amides is 1. The minimum atomic E-state index is -3.44. The molecule has 2 aromatic rings. The summed E-state index contributed by atoms with van der Waals surface area (Å²) in [5.74, 6) is -0.415. The van der Waals surface area contributed by atoms with Gasteiger partial charge in [-0.2, -0.15) is 0 Å². The highest BCUT2D eigenvalue weighted by molar-refractivity contribution is 7.92. The molecule has 9 heteroatoms. The normalized spacial score (nSPS) is 10.6. The molecule has 1 amide bonds. The lowest BCUT2D eigenvalue weighted by atomic mass is 10.1. The van der Waals surface area contributed by atoms with Gasteiger partial charge in [-0.3, -0.25) is 14.8 Å². The summed E-state index contributed by atoms with van der Waals surface area (Å²) in [6.45, 7) is 9.22. The van der Waals surface area contributed by atoms with E-state index >= 15 is 0 Å². The third kappa shape index (κ3) is 5.71. The van der Waals surface area contributed by atoms with E-state index in [0.717, 1.165) is 23.2 Å². The van der Waals surface area contributed by atoms with Gasteiger partial charge < -0.3 is 5.11 Å². The number of benzene rings is 1. The molecule has 0 fully saturated rings. The Hall–Kier alpha value is -2.13.